The Balaban J connectivity index is 4.52. The molecule has 0 aromatic rings. The molecule has 0 spiro atoms. The van der Waals surface area contributed by atoms with Gasteiger partial charge in [0.25, 0.3) is 0 Å². The van der Waals surface area contributed by atoms with Gasteiger partial charge < -0.3 is 4.52 Å². The molecule has 0 aliphatic rings. The lowest BCUT2D eigenvalue weighted by Crippen LogP contribution is -2.03. The molecular weight excluding hydrogens is 195 g/mol. The lowest BCUT2D eigenvalue weighted by molar-refractivity contribution is 0.235. The first-order valence-electron chi connectivity index (χ1n) is 4.74. The van der Waals surface area contributed by atoms with Gasteiger partial charge in [-0.2, -0.15) is 0 Å². The van der Waals surface area contributed by atoms with Gasteiger partial charge in [-0.3, -0.25) is 4.57 Å². The van der Waals surface area contributed by atoms with E-state index < -0.39 is 7.37 Å². The van der Waals surface area contributed by atoms with Gasteiger partial charge in [0, 0.05) is 11.6 Å². The summed E-state index contributed by atoms with van der Waals surface area (Å²) in [5, 5.41) is 0. The van der Waals surface area contributed by atoms with Crippen molar-refractivity contribution in [3.05, 3.63) is 36.4 Å². The fraction of sp³-hybridized carbons (Fsp3) is 0.455. The SMILES string of the molecule is C=CCC(C)OP(=O)(/C=C\C)/C=C/C. The van der Waals surface area contributed by atoms with Gasteiger partial charge >= 0.3 is 0 Å². The van der Waals surface area contributed by atoms with E-state index >= 15 is 0 Å². The monoisotopic (exact) mass is 214 g/mol. The average molecular weight is 214 g/mol. The zero-order chi connectivity index (χ0) is 11.0. The second-order valence-corrected chi connectivity index (χ2v) is 5.15. The number of rotatable bonds is 6. The molecular formula is C11H19O2P. The highest BCUT2D eigenvalue weighted by Crippen LogP contribution is 2.51. The van der Waals surface area contributed by atoms with Crippen LogP contribution >= 0.6 is 7.37 Å². The van der Waals surface area contributed by atoms with Crippen LogP contribution in [-0.2, 0) is 9.09 Å². The first kappa shape index (κ1) is 13.4. The standard InChI is InChI=1S/C11H19O2P/c1-5-8-11(4)13-14(12,9-6-2)10-7-3/h5-7,9-11H,1,8H2,2-4H3/b9-6-,10-7+. The molecule has 3 heteroatoms. The molecule has 0 aliphatic heterocycles. The van der Waals surface area contributed by atoms with Crippen LogP contribution in [0.5, 0.6) is 0 Å². The fourth-order valence-corrected chi connectivity index (χ4v) is 2.81. The largest absolute Gasteiger partial charge is 0.319 e. The lowest BCUT2D eigenvalue weighted by Gasteiger charge is -2.16. The van der Waals surface area contributed by atoms with E-state index in [2.05, 4.69) is 6.58 Å². The smallest absolute Gasteiger partial charge is 0.246 e. The third-order valence-electron chi connectivity index (χ3n) is 1.56. The number of allylic oxidation sites excluding steroid dienone is 2. The van der Waals surface area contributed by atoms with Gasteiger partial charge in [-0.15, -0.1) is 6.58 Å². The average Bonchev–Trinajstić information content (AvgIpc) is 2.04. The van der Waals surface area contributed by atoms with Crippen molar-refractivity contribution < 1.29 is 9.09 Å². The zero-order valence-corrected chi connectivity index (χ0v) is 10.0. The quantitative estimate of drug-likeness (QED) is 0.486. The van der Waals surface area contributed by atoms with E-state index in [9.17, 15) is 4.57 Å². The van der Waals surface area contributed by atoms with Crippen molar-refractivity contribution in [2.24, 2.45) is 0 Å². The zero-order valence-electron chi connectivity index (χ0n) is 9.14. The second kappa shape index (κ2) is 6.80. The number of hydrogen-bond donors (Lipinski definition) is 0. The van der Waals surface area contributed by atoms with Crippen molar-refractivity contribution >= 4 is 7.37 Å². The van der Waals surface area contributed by atoms with Crippen LogP contribution in [0.2, 0.25) is 0 Å². The van der Waals surface area contributed by atoms with E-state index in [4.69, 9.17) is 4.52 Å². The van der Waals surface area contributed by atoms with Crippen LogP contribution in [0.25, 0.3) is 0 Å². The lowest BCUT2D eigenvalue weighted by atomic mass is 10.3. The normalized spacial score (nSPS) is 18.5. The van der Waals surface area contributed by atoms with Gasteiger partial charge in [-0.05, 0) is 27.2 Å². The third kappa shape index (κ3) is 5.21. The molecule has 0 aromatic carbocycles. The molecule has 0 bridgehead atoms. The molecule has 0 N–H and O–H groups in total. The van der Waals surface area contributed by atoms with Crippen LogP contribution in [0.4, 0.5) is 0 Å². The summed E-state index contributed by atoms with van der Waals surface area (Å²) in [5.74, 6) is 3.24. The Morgan fingerprint density at radius 3 is 2.21 bits per heavy atom. The predicted molar refractivity (Wildman–Crippen MR) is 62.6 cm³/mol. The van der Waals surface area contributed by atoms with Crippen LogP contribution in [0.15, 0.2) is 36.4 Å². The van der Waals surface area contributed by atoms with Crippen molar-refractivity contribution in [2.45, 2.75) is 33.3 Å². The second-order valence-electron chi connectivity index (χ2n) is 3.05. The number of hydrogen-bond acceptors (Lipinski definition) is 2. The summed E-state index contributed by atoms with van der Waals surface area (Å²) in [4.78, 5) is 0. The van der Waals surface area contributed by atoms with Crippen molar-refractivity contribution in [3.8, 4) is 0 Å². The molecule has 0 saturated heterocycles. The van der Waals surface area contributed by atoms with E-state index in [0.29, 0.717) is 6.42 Å². The minimum absolute atomic E-state index is 0.0641. The Hall–Kier alpha value is -0.590. The molecule has 2 unspecified atom stereocenters. The molecule has 0 aromatic heterocycles. The van der Waals surface area contributed by atoms with Crippen LogP contribution in [0.1, 0.15) is 27.2 Å². The van der Waals surface area contributed by atoms with Gasteiger partial charge in [-0.1, -0.05) is 18.2 Å². The van der Waals surface area contributed by atoms with E-state index in [1.54, 1.807) is 29.9 Å². The predicted octanol–water partition coefficient (Wildman–Crippen LogP) is 4.31. The highest BCUT2D eigenvalue weighted by Gasteiger charge is 2.17. The molecule has 0 rings (SSSR count). The van der Waals surface area contributed by atoms with E-state index in [1.807, 2.05) is 20.8 Å². The van der Waals surface area contributed by atoms with Crippen LogP contribution in [-0.4, -0.2) is 6.10 Å². The Bertz CT molecular complexity index is 250. The van der Waals surface area contributed by atoms with Crippen molar-refractivity contribution in [2.75, 3.05) is 0 Å². The summed E-state index contributed by atoms with van der Waals surface area (Å²) < 4.78 is 17.5. The molecule has 0 aliphatic carbocycles. The van der Waals surface area contributed by atoms with E-state index in [-0.39, 0.29) is 6.10 Å². The van der Waals surface area contributed by atoms with Crippen LogP contribution < -0.4 is 0 Å². The molecule has 0 fully saturated rings. The Morgan fingerprint density at radius 1 is 1.36 bits per heavy atom. The summed E-state index contributed by atoms with van der Waals surface area (Å²) in [6.45, 7) is 9.17. The summed E-state index contributed by atoms with van der Waals surface area (Å²) in [6, 6.07) is 0. The first-order valence-corrected chi connectivity index (χ1v) is 6.50. The fourth-order valence-electron chi connectivity index (χ4n) is 1.09. The van der Waals surface area contributed by atoms with Gasteiger partial charge in [0.15, 0.2) is 0 Å². The minimum Gasteiger partial charge on any atom is -0.319 e. The molecule has 2 nitrogen and oxygen atoms in total. The maximum Gasteiger partial charge on any atom is 0.246 e. The summed E-state index contributed by atoms with van der Waals surface area (Å²) in [6.07, 6.45) is 5.91. The molecule has 0 amide bonds. The maximum atomic E-state index is 12.1. The Morgan fingerprint density at radius 2 is 1.86 bits per heavy atom. The highest BCUT2D eigenvalue weighted by atomic mass is 31.2. The van der Waals surface area contributed by atoms with E-state index in [1.165, 1.54) is 0 Å². The maximum absolute atomic E-state index is 12.1. The van der Waals surface area contributed by atoms with Crippen LogP contribution in [0, 0.1) is 0 Å². The molecule has 0 saturated carbocycles. The van der Waals surface area contributed by atoms with Gasteiger partial charge in [0.05, 0.1) is 6.10 Å². The molecule has 0 radical (unpaired) electrons. The summed E-state index contributed by atoms with van der Waals surface area (Å²) >= 11 is 0. The van der Waals surface area contributed by atoms with Crippen molar-refractivity contribution in [1.82, 2.24) is 0 Å². The topological polar surface area (TPSA) is 26.3 Å². The molecule has 0 heterocycles. The summed E-state index contributed by atoms with van der Waals surface area (Å²) in [7, 11) is -2.71. The van der Waals surface area contributed by atoms with Crippen molar-refractivity contribution in [1.29, 1.82) is 0 Å². The summed E-state index contributed by atoms with van der Waals surface area (Å²) in [5.41, 5.74) is 0. The Labute approximate surface area is 86.8 Å². The minimum atomic E-state index is -2.71. The van der Waals surface area contributed by atoms with Crippen LogP contribution in [0.3, 0.4) is 0 Å². The molecule has 2 atom stereocenters. The molecule has 14 heavy (non-hydrogen) atoms. The van der Waals surface area contributed by atoms with Crippen molar-refractivity contribution in [3.63, 3.8) is 0 Å². The van der Waals surface area contributed by atoms with Gasteiger partial charge in [0.2, 0.25) is 7.37 Å². The third-order valence-corrected chi connectivity index (χ3v) is 3.67. The molecule has 80 valence electrons. The van der Waals surface area contributed by atoms with Gasteiger partial charge in [0.1, 0.15) is 0 Å². The highest BCUT2D eigenvalue weighted by molar-refractivity contribution is 7.65. The Kier molecular flexibility index (Phi) is 6.52. The van der Waals surface area contributed by atoms with E-state index in [0.717, 1.165) is 0 Å². The first-order chi connectivity index (χ1) is 6.58. The van der Waals surface area contributed by atoms with Gasteiger partial charge in [-0.25, -0.2) is 0 Å².